The van der Waals surface area contributed by atoms with Gasteiger partial charge in [0.25, 0.3) is 0 Å². The molecule has 1 atom stereocenters. The molecule has 0 radical (unpaired) electrons. The molecule has 1 unspecified atom stereocenters. The molecule has 0 saturated heterocycles. The molecule has 0 amide bonds. The number of carbonyl (C=O) groups excluding carboxylic acids is 1. The number of carbonyl (C=O) groups is 1. The zero-order valence-electron chi connectivity index (χ0n) is 8.08. The Morgan fingerprint density at radius 2 is 1.93 bits per heavy atom. The van der Waals surface area contributed by atoms with Crippen LogP contribution in [-0.2, 0) is 4.79 Å². The molecule has 0 aromatic heterocycles. The molecule has 1 nitrogen and oxygen atoms in total. The van der Waals surface area contributed by atoms with E-state index < -0.39 is 0 Å². The third-order valence-electron chi connectivity index (χ3n) is 3.23. The van der Waals surface area contributed by atoms with E-state index in [4.69, 9.17) is 12.2 Å². The lowest BCUT2D eigenvalue weighted by atomic mass is 10.0. The van der Waals surface area contributed by atoms with Crippen molar-refractivity contribution in [3.8, 4) is 0 Å². The van der Waals surface area contributed by atoms with Crippen molar-refractivity contribution in [2.75, 3.05) is 0 Å². The number of ketones is 1. The lowest BCUT2D eigenvalue weighted by Crippen LogP contribution is -2.13. The first-order chi connectivity index (χ1) is 6.70. The molecule has 0 bridgehead atoms. The van der Waals surface area contributed by atoms with Crippen LogP contribution in [0.15, 0.2) is 11.1 Å². The lowest BCUT2D eigenvalue weighted by Gasteiger charge is -2.04. The molecule has 0 heterocycles. The number of thiocarbonyl (C=S) groups is 1. The van der Waals surface area contributed by atoms with Crippen molar-refractivity contribution >= 4 is 34.8 Å². The summed E-state index contributed by atoms with van der Waals surface area (Å²) in [6.45, 7) is 0. The van der Waals surface area contributed by atoms with Crippen LogP contribution in [0.2, 0.25) is 0 Å². The average molecular weight is 226 g/mol. The van der Waals surface area contributed by atoms with Crippen LogP contribution in [-0.4, -0.2) is 9.98 Å². The molecule has 2 saturated carbocycles. The van der Waals surface area contributed by atoms with Crippen molar-refractivity contribution in [1.82, 2.24) is 0 Å². The molecule has 0 spiro atoms. The molecule has 0 aliphatic heterocycles. The molecular formula is C11H14OS2. The highest BCUT2D eigenvalue weighted by Crippen LogP contribution is 2.36. The summed E-state index contributed by atoms with van der Waals surface area (Å²) >= 11 is 9.10. The Labute approximate surface area is 95.4 Å². The molecule has 3 heteroatoms. The lowest BCUT2D eigenvalue weighted by molar-refractivity contribution is -0.116. The van der Waals surface area contributed by atoms with E-state index in [1.54, 1.807) is 0 Å². The van der Waals surface area contributed by atoms with Crippen molar-refractivity contribution in [3.63, 3.8) is 0 Å². The van der Waals surface area contributed by atoms with Crippen LogP contribution in [0.4, 0.5) is 0 Å². The van der Waals surface area contributed by atoms with Gasteiger partial charge >= 0.3 is 0 Å². The Morgan fingerprint density at radius 3 is 2.43 bits per heavy atom. The van der Waals surface area contributed by atoms with Gasteiger partial charge < -0.3 is 0 Å². The fraction of sp³-hybridized carbons (Fsp3) is 0.636. The second-order valence-electron chi connectivity index (χ2n) is 4.08. The first-order valence-corrected chi connectivity index (χ1v) is 6.03. The highest BCUT2D eigenvalue weighted by molar-refractivity contribution is 8.11. The summed E-state index contributed by atoms with van der Waals surface area (Å²) in [5.41, 5.74) is 2.49. The fourth-order valence-corrected chi connectivity index (χ4v) is 2.91. The topological polar surface area (TPSA) is 17.1 Å². The van der Waals surface area contributed by atoms with Gasteiger partial charge in [0.15, 0.2) is 5.78 Å². The predicted octanol–water partition coefficient (Wildman–Crippen LogP) is 3.09. The number of hydrogen-bond donors (Lipinski definition) is 1. The Hall–Kier alpha value is -0.150. The number of hydrogen-bond acceptors (Lipinski definition) is 2. The van der Waals surface area contributed by atoms with Gasteiger partial charge in [-0.1, -0.05) is 17.8 Å². The SMILES string of the molecule is O=C1C(=C2CCCC2)CCC1C(=S)S. The molecule has 2 aliphatic rings. The van der Waals surface area contributed by atoms with Gasteiger partial charge in [-0.05, 0) is 44.1 Å². The number of allylic oxidation sites excluding steroid dienone is 2. The highest BCUT2D eigenvalue weighted by atomic mass is 32.1. The van der Waals surface area contributed by atoms with E-state index in [0.29, 0.717) is 4.20 Å². The third kappa shape index (κ3) is 1.80. The summed E-state index contributed by atoms with van der Waals surface area (Å²) in [4.78, 5) is 11.9. The Morgan fingerprint density at radius 1 is 1.29 bits per heavy atom. The van der Waals surface area contributed by atoms with Gasteiger partial charge in [0.1, 0.15) is 0 Å². The summed E-state index contributed by atoms with van der Waals surface area (Å²) in [7, 11) is 0. The van der Waals surface area contributed by atoms with E-state index in [0.717, 1.165) is 31.3 Å². The van der Waals surface area contributed by atoms with E-state index in [1.807, 2.05) is 0 Å². The summed E-state index contributed by atoms with van der Waals surface area (Å²) < 4.78 is 0.573. The van der Waals surface area contributed by atoms with Crippen LogP contribution in [0.25, 0.3) is 0 Å². The van der Waals surface area contributed by atoms with Gasteiger partial charge in [0, 0.05) is 0 Å². The minimum Gasteiger partial charge on any atom is -0.294 e. The summed E-state index contributed by atoms with van der Waals surface area (Å²) in [6.07, 6.45) is 6.59. The second kappa shape index (κ2) is 4.15. The number of Topliss-reactive ketones (excluding diaryl/α,β-unsaturated/α-hetero) is 1. The molecule has 2 rings (SSSR count). The van der Waals surface area contributed by atoms with Gasteiger partial charge in [-0.2, -0.15) is 0 Å². The van der Waals surface area contributed by atoms with Gasteiger partial charge in [0.05, 0.1) is 10.1 Å². The molecular weight excluding hydrogens is 212 g/mol. The standard InChI is InChI=1S/C11H14OS2/c12-10-8(7-3-1-2-4-7)5-6-9(10)11(13)14/h9H,1-6H2,(H,13,14). The second-order valence-corrected chi connectivity index (χ2v) is 5.31. The van der Waals surface area contributed by atoms with E-state index in [1.165, 1.54) is 18.4 Å². The quantitative estimate of drug-likeness (QED) is 0.420. The predicted molar refractivity (Wildman–Crippen MR) is 64.8 cm³/mol. The normalized spacial score (nSPS) is 27.5. The van der Waals surface area contributed by atoms with Crippen LogP contribution in [0.3, 0.4) is 0 Å². The average Bonchev–Trinajstić information content (AvgIpc) is 2.71. The zero-order chi connectivity index (χ0) is 10.1. The maximum absolute atomic E-state index is 11.9. The van der Waals surface area contributed by atoms with E-state index in [9.17, 15) is 4.79 Å². The van der Waals surface area contributed by atoms with Gasteiger partial charge in [0.2, 0.25) is 0 Å². The summed E-state index contributed by atoms with van der Waals surface area (Å²) in [6, 6.07) is 0. The van der Waals surface area contributed by atoms with Crippen LogP contribution < -0.4 is 0 Å². The Bertz CT molecular complexity index is 309. The fourth-order valence-electron chi connectivity index (χ4n) is 2.44. The summed E-state index contributed by atoms with van der Waals surface area (Å²) in [5, 5.41) is 0. The minimum absolute atomic E-state index is 0.0727. The highest BCUT2D eigenvalue weighted by Gasteiger charge is 2.33. The van der Waals surface area contributed by atoms with Crippen molar-refractivity contribution in [2.24, 2.45) is 5.92 Å². The Balaban J connectivity index is 2.21. The smallest absolute Gasteiger partial charge is 0.167 e. The molecule has 14 heavy (non-hydrogen) atoms. The van der Waals surface area contributed by atoms with Crippen LogP contribution in [0.5, 0.6) is 0 Å². The zero-order valence-corrected chi connectivity index (χ0v) is 9.79. The molecule has 0 aromatic rings. The molecule has 0 aromatic carbocycles. The van der Waals surface area contributed by atoms with Gasteiger partial charge in [-0.3, -0.25) is 4.79 Å². The Kier molecular flexibility index (Phi) is 3.07. The molecule has 2 aliphatic carbocycles. The largest absolute Gasteiger partial charge is 0.294 e. The van der Waals surface area contributed by atoms with Crippen LogP contribution in [0.1, 0.15) is 38.5 Å². The maximum Gasteiger partial charge on any atom is 0.167 e. The number of rotatable bonds is 1. The van der Waals surface area contributed by atoms with Crippen LogP contribution >= 0.6 is 24.8 Å². The van der Waals surface area contributed by atoms with Crippen LogP contribution in [0, 0.1) is 5.92 Å². The van der Waals surface area contributed by atoms with Crippen molar-refractivity contribution < 1.29 is 4.79 Å². The molecule has 0 N–H and O–H groups in total. The van der Waals surface area contributed by atoms with E-state index >= 15 is 0 Å². The van der Waals surface area contributed by atoms with Crippen molar-refractivity contribution in [3.05, 3.63) is 11.1 Å². The monoisotopic (exact) mass is 226 g/mol. The molecule has 76 valence electrons. The van der Waals surface area contributed by atoms with Crippen molar-refractivity contribution in [1.29, 1.82) is 0 Å². The van der Waals surface area contributed by atoms with E-state index in [-0.39, 0.29) is 11.7 Å². The minimum atomic E-state index is -0.0727. The summed E-state index contributed by atoms with van der Waals surface area (Å²) in [5.74, 6) is 0.193. The van der Waals surface area contributed by atoms with E-state index in [2.05, 4.69) is 12.6 Å². The number of thiol groups is 1. The maximum atomic E-state index is 11.9. The first kappa shape index (κ1) is 10.4. The third-order valence-corrected chi connectivity index (χ3v) is 3.83. The van der Waals surface area contributed by atoms with Crippen molar-refractivity contribution in [2.45, 2.75) is 38.5 Å². The van der Waals surface area contributed by atoms with Gasteiger partial charge in [-0.15, -0.1) is 12.6 Å². The van der Waals surface area contributed by atoms with Gasteiger partial charge in [-0.25, -0.2) is 0 Å². The first-order valence-electron chi connectivity index (χ1n) is 5.18. The molecule has 2 fully saturated rings.